The van der Waals surface area contributed by atoms with Crippen LogP contribution in [0.3, 0.4) is 0 Å². The average molecular weight is 477 g/mol. The molecule has 3 atom stereocenters. The molecule has 2 aliphatic carbocycles. The van der Waals surface area contributed by atoms with Crippen LogP contribution in [0.5, 0.6) is 0 Å². The van der Waals surface area contributed by atoms with Crippen LogP contribution >= 0.6 is 27.7 Å². The van der Waals surface area contributed by atoms with E-state index >= 15 is 0 Å². The van der Waals surface area contributed by atoms with Gasteiger partial charge in [-0.15, -0.1) is 5.10 Å². The molecule has 154 valence electrons. The molecule has 3 fully saturated rings. The van der Waals surface area contributed by atoms with Crippen LogP contribution in [0.25, 0.3) is 0 Å². The van der Waals surface area contributed by atoms with Crippen molar-refractivity contribution in [1.29, 1.82) is 0 Å². The highest BCUT2D eigenvalue weighted by Gasteiger charge is 2.60. The molecular weight excluding hydrogens is 452 g/mol. The lowest BCUT2D eigenvalue weighted by Gasteiger charge is -2.34. The molecule has 8 heteroatoms. The van der Waals surface area contributed by atoms with Crippen molar-refractivity contribution in [3.63, 3.8) is 0 Å². The number of nitrogens with one attached hydrogen (secondary N) is 2. The van der Waals surface area contributed by atoms with Gasteiger partial charge in [-0.1, -0.05) is 48.5 Å². The second-order valence-corrected chi connectivity index (χ2v) is 10.9. The molecule has 2 N–H and O–H groups in total. The van der Waals surface area contributed by atoms with Crippen molar-refractivity contribution in [2.24, 2.45) is 27.0 Å². The molecular formula is C21H25BrN4O2S. The van der Waals surface area contributed by atoms with Gasteiger partial charge < -0.3 is 10.6 Å². The molecule has 2 amide bonds. The van der Waals surface area contributed by atoms with E-state index in [2.05, 4.69) is 57.5 Å². The summed E-state index contributed by atoms with van der Waals surface area (Å²) in [6.07, 6.45) is 3.47. The minimum Gasteiger partial charge on any atom is -0.326 e. The summed E-state index contributed by atoms with van der Waals surface area (Å²) in [6.45, 7) is 6.94. The molecule has 6 nitrogen and oxygen atoms in total. The number of fused-ring (bicyclic) bond motifs is 2. The lowest BCUT2D eigenvalue weighted by Crippen LogP contribution is -2.32. The number of hydrogen-bond donors (Lipinski definition) is 2. The monoisotopic (exact) mass is 476 g/mol. The summed E-state index contributed by atoms with van der Waals surface area (Å²) in [4.78, 5) is 24.5. The summed E-state index contributed by atoms with van der Waals surface area (Å²) in [7, 11) is 0. The van der Waals surface area contributed by atoms with Crippen molar-refractivity contribution in [2.75, 3.05) is 5.32 Å². The smallest absolute Gasteiger partial charge is 0.240 e. The topological polar surface area (TPSA) is 82.9 Å². The minimum atomic E-state index is -0.489. The third-order valence-electron chi connectivity index (χ3n) is 7.05. The summed E-state index contributed by atoms with van der Waals surface area (Å²) in [5, 5.41) is 14.5. The van der Waals surface area contributed by atoms with Crippen molar-refractivity contribution in [3.05, 3.63) is 28.7 Å². The molecule has 3 aliphatic rings. The zero-order valence-electron chi connectivity index (χ0n) is 16.8. The summed E-state index contributed by atoms with van der Waals surface area (Å²) in [6, 6.07) is 7.33. The van der Waals surface area contributed by atoms with Gasteiger partial charge in [0.05, 0.1) is 0 Å². The van der Waals surface area contributed by atoms with E-state index in [-0.39, 0.29) is 29.1 Å². The van der Waals surface area contributed by atoms with Crippen molar-refractivity contribution in [1.82, 2.24) is 5.32 Å². The maximum absolute atomic E-state index is 12.3. The van der Waals surface area contributed by atoms with Gasteiger partial charge in [-0.3, -0.25) is 9.59 Å². The number of benzene rings is 1. The highest BCUT2D eigenvalue weighted by molar-refractivity contribution is 9.10. The number of halogens is 1. The molecule has 0 unspecified atom stereocenters. The molecule has 1 heterocycles. The van der Waals surface area contributed by atoms with Crippen LogP contribution in [0.2, 0.25) is 0 Å². The maximum atomic E-state index is 12.3. The highest BCUT2D eigenvalue weighted by Crippen LogP contribution is 2.64. The number of nitrogens with zero attached hydrogens (tertiary/aromatic N) is 2. The molecule has 0 aromatic heterocycles. The number of carbonyl (C=O) groups is 2. The number of thioether (sulfide) groups is 1. The lowest BCUT2D eigenvalue weighted by molar-refractivity contribution is -0.122. The van der Waals surface area contributed by atoms with Gasteiger partial charge in [-0.05, 0) is 54.9 Å². The molecule has 29 heavy (non-hydrogen) atoms. The second-order valence-electron chi connectivity index (χ2n) is 8.80. The minimum absolute atomic E-state index is 0.0823. The van der Waals surface area contributed by atoms with Crippen molar-refractivity contribution >= 4 is 56.1 Å². The third kappa shape index (κ3) is 3.77. The van der Waals surface area contributed by atoms with E-state index in [1.165, 1.54) is 18.2 Å². The quantitative estimate of drug-likeness (QED) is 0.624. The Kier molecular flexibility index (Phi) is 5.36. The normalized spacial score (nSPS) is 32.8. The number of carbonyl (C=O) groups excluding carboxylic acids is 2. The third-order valence-corrected chi connectivity index (χ3v) is 8.65. The highest BCUT2D eigenvalue weighted by atomic mass is 79.9. The Bertz CT molecular complexity index is 912. The fourth-order valence-electron chi connectivity index (χ4n) is 4.69. The first kappa shape index (κ1) is 20.6. The van der Waals surface area contributed by atoms with E-state index in [0.717, 1.165) is 23.0 Å². The number of amidine groups is 1. The summed E-state index contributed by atoms with van der Waals surface area (Å²) in [5.41, 5.74) is 2.16. The zero-order chi connectivity index (χ0) is 20.8. The van der Waals surface area contributed by atoms with Crippen LogP contribution in [-0.4, -0.2) is 27.9 Å². The first-order chi connectivity index (χ1) is 13.7. The molecule has 2 saturated carbocycles. The largest absolute Gasteiger partial charge is 0.326 e. The molecule has 0 spiro atoms. The van der Waals surface area contributed by atoms with Crippen LogP contribution in [0.1, 0.15) is 46.5 Å². The number of rotatable bonds is 4. The first-order valence-corrected chi connectivity index (χ1v) is 11.5. The Morgan fingerprint density at radius 3 is 2.62 bits per heavy atom. The zero-order valence-corrected chi connectivity index (χ0v) is 19.2. The van der Waals surface area contributed by atoms with E-state index < -0.39 is 5.25 Å². The Labute approximate surface area is 183 Å². The Morgan fingerprint density at radius 2 is 2.00 bits per heavy atom. The molecule has 1 saturated heterocycles. The first-order valence-electron chi connectivity index (χ1n) is 9.87. The van der Waals surface area contributed by atoms with E-state index in [9.17, 15) is 9.59 Å². The van der Waals surface area contributed by atoms with Gasteiger partial charge in [-0.25, -0.2) is 0 Å². The number of amides is 2. The molecule has 1 aromatic carbocycles. The summed E-state index contributed by atoms with van der Waals surface area (Å²) < 4.78 is 0.941. The molecule has 0 radical (unpaired) electrons. The average Bonchev–Trinajstić information content (AvgIpc) is 3.18. The number of anilines is 1. The fourth-order valence-corrected chi connectivity index (χ4v) is 5.87. The van der Waals surface area contributed by atoms with Crippen LogP contribution < -0.4 is 10.6 Å². The number of hydrogen-bond acceptors (Lipinski definition) is 5. The molecule has 1 aromatic rings. The Balaban J connectivity index is 1.38. The predicted octanol–water partition coefficient (Wildman–Crippen LogP) is 4.57. The predicted molar refractivity (Wildman–Crippen MR) is 121 cm³/mol. The molecule has 4 rings (SSSR count). The standard InChI is InChI=1S/C21H25BrN4O2S/c1-20(2)12-8-9-21(20,3)16(10-12)25-26-19-24-18(28)15(29-19)11-17(27)23-14-6-4-13(22)5-7-14/h4-7,12,15H,8-11H2,1-3H3,(H,23,27)(H,24,26,28)/b25-16+/t12-,15-,21+/m0/s1. The van der Waals surface area contributed by atoms with Gasteiger partial charge in [0.2, 0.25) is 11.8 Å². The van der Waals surface area contributed by atoms with Crippen LogP contribution in [0.4, 0.5) is 5.69 Å². The SMILES string of the molecule is CC1(C)[C@H]2CC[C@]1(C)/C(=N/N=C1\NC(=O)[C@H](CC(=O)Nc3ccc(Br)cc3)S1)C2. The lowest BCUT2D eigenvalue weighted by atomic mass is 9.70. The van der Waals surface area contributed by atoms with Crippen LogP contribution in [0.15, 0.2) is 38.9 Å². The summed E-state index contributed by atoms with van der Waals surface area (Å²) in [5.74, 6) is 0.265. The molecule has 2 bridgehead atoms. The van der Waals surface area contributed by atoms with Crippen molar-refractivity contribution < 1.29 is 9.59 Å². The van der Waals surface area contributed by atoms with Crippen LogP contribution in [0, 0.1) is 16.7 Å². The van der Waals surface area contributed by atoms with Gasteiger partial charge >= 0.3 is 0 Å². The van der Waals surface area contributed by atoms with Crippen LogP contribution in [-0.2, 0) is 9.59 Å². The van der Waals surface area contributed by atoms with E-state index in [1.54, 1.807) is 0 Å². The Hall–Kier alpha value is -1.67. The maximum Gasteiger partial charge on any atom is 0.240 e. The van der Waals surface area contributed by atoms with Gasteiger partial charge in [0.1, 0.15) is 5.25 Å². The van der Waals surface area contributed by atoms with E-state index in [0.29, 0.717) is 16.8 Å². The van der Waals surface area contributed by atoms with Gasteiger partial charge in [0, 0.05) is 27.7 Å². The van der Waals surface area contributed by atoms with E-state index in [4.69, 9.17) is 0 Å². The fraction of sp³-hybridized carbons (Fsp3) is 0.524. The van der Waals surface area contributed by atoms with Crippen molar-refractivity contribution in [2.45, 2.75) is 51.7 Å². The second kappa shape index (κ2) is 7.54. The molecule has 1 aliphatic heterocycles. The van der Waals surface area contributed by atoms with E-state index in [1.807, 2.05) is 24.3 Å². The van der Waals surface area contributed by atoms with Crippen molar-refractivity contribution in [3.8, 4) is 0 Å². The van der Waals surface area contributed by atoms with Gasteiger partial charge in [0.25, 0.3) is 0 Å². The Morgan fingerprint density at radius 1 is 1.28 bits per heavy atom. The van der Waals surface area contributed by atoms with Gasteiger partial charge in [0.15, 0.2) is 5.17 Å². The summed E-state index contributed by atoms with van der Waals surface area (Å²) >= 11 is 4.64. The van der Waals surface area contributed by atoms with Gasteiger partial charge in [-0.2, -0.15) is 5.10 Å².